The first-order valence-electron chi connectivity index (χ1n) is 10.3. The monoisotopic (exact) mass is 365 g/mol. The highest BCUT2D eigenvalue weighted by atomic mass is 16.2. The molecule has 0 bridgehead atoms. The maximum Gasteiger partial charge on any atom is 0.237 e. The van der Waals surface area contributed by atoms with Crippen molar-refractivity contribution in [1.29, 1.82) is 0 Å². The SMILES string of the molecule is C=CCn1cc2c3c(cccc31)C(CC(C)C)NC(C(=O)NCC1CC1)C2. The van der Waals surface area contributed by atoms with Crippen LogP contribution in [0.2, 0.25) is 0 Å². The van der Waals surface area contributed by atoms with Gasteiger partial charge >= 0.3 is 0 Å². The lowest BCUT2D eigenvalue weighted by Gasteiger charge is -2.25. The Bertz CT molecular complexity index is 847. The molecule has 1 aliphatic heterocycles. The number of rotatable bonds is 7. The minimum Gasteiger partial charge on any atom is -0.354 e. The number of carbonyl (C=O) groups is 1. The fraction of sp³-hybridized carbons (Fsp3) is 0.522. The summed E-state index contributed by atoms with van der Waals surface area (Å²) in [6.45, 7) is 10.0. The molecule has 2 aromatic rings. The minimum absolute atomic E-state index is 0.146. The molecule has 4 rings (SSSR count). The highest BCUT2D eigenvalue weighted by Gasteiger charge is 2.31. The Morgan fingerprint density at radius 2 is 2.22 bits per heavy atom. The van der Waals surface area contributed by atoms with Crippen molar-refractivity contribution < 1.29 is 4.79 Å². The summed E-state index contributed by atoms with van der Waals surface area (Å²) >= 11 is 0. The molecule has 4 heteroatoms. The summed E-state index contributed by atoms with van der Waals surface area (Å²) in [6, 6.07) is 6.58. The highest BCUT2D eigenvalue weighted by Crippen LogP contribution is 2.36. The van der Waals surface area contributed by atoms with E-state index in [2.05, 4.69) is 60.0 Å². The molecule has 4 nitrogen and oxygen atoms in total. The third kappa shape index (κ3) is 3.81. The van der Waals surface area contributed by atoms with E-state index in [0.29, 0.717) is 11.8 Å². The number of nitrogens with zero attached hydrogens (tertiary/aromatic N) is 1. The number of benzene rings is 1. The number of aromatic nitrogens is 1. The molecular weight excluding hydrogens is 334 g/mol. The van der Waals surface area contributed by atoms with Gasteiger partial charge in [-0.2, -0.15) is 0 Å². The molecule has 144 valence electrons. The van der Waals surface area contributed by atoms with Gasteiger partial charge in [-0.05, 0) is 54.7 Å². The summed E-state index contributed by atoms with van der Waals surface area (Å²) in [5.74, 6) is 1.40. The smallest absolute Gasteiger partial charge is 0.237 e. The van der Waals surface area contributed by atoms with E-state index in [1.807, 2.05) is 6.08 Å². The molecular formula is C23H31N3O. The molecule has 27 heavy (non-hydrogen) atoms. The number of hydrogen-bond donors (Lipinski definition) is 2. The molecule has 2 heterocycles. The van der Waals surface area contributed by atoms with Gasteiger partial charge in [0.2, 0.25) is 5.91 Å². The van der Waals surface area contributed by atoms with Crippen molar-refractivity contribution in [3.8, 4) is 0 Å². The Morgan fingerprint density at radius 1 is 1.41 bits per heavy atom. The fourth-order valence-corrected chi connectivity index (χ4v) is 4.34. The topological polar surface area (TPSA) is 46.1 Å². The maximum absolute atomic E-state index is 12.9. The van der Waals surface area contributed by atoms with Crippen LogP contribution in [0.3, 0.4) is 0 Å². The van der Waals surface area contributed by atoms with Crippen LogP contribution >= 0.6 is 0 Å². The molecule has 0 saturated heterocycles. The summed E-state index contributed by atoms with van der Waals surface area (Å²) < 4.78 is 2.26. The van der Waals surface area contributed by atoms with E-state index in [4.69, 9.17) is 0 Å². The van der Waals surface area contributed by atoms with Gasteiger partial charge in [0.05, 0.1) is 6.04 Å². The zero-order valence-electron chi connectivity index (χ0n) is 16.5. The number of hydrogen-bond acceptors (Lipinski definition) is 2. The molecule has 2 unspecified atom stereocenters. The van der Waals surface area contributed by atoms with E-state index in [1.54, 1.807) is 0 Å². The van der Waals surface area contributed by atoms with Crippen molar-refractivity contribution in [3.63, 3.8) is 0 Å². The quantitative estimate of drug-likeness (QED) is 0.730. The summed E-state index contributed by atoms with van der Waals surface area (Å²) in [7, 11) is 0. The van der Waals surface area contributed by atoms with Crippen LogP contribution in [0.4, 0.5) is 0 Å². The molecule has 0 spiro atoms. The molecule has 1 aromatic carbocycles. The number of nitrogens with one attached hydrogen (secondary N) is 2. The normalized spacial score (nSPS) is 22.0. The lowest BCUT2D eigenvalue weighted by molar-refractivity contribution is -0.123. The standard InChI is InChI=1S/C23H31N3O/c1-4-10-26-14-17-12-20(23(27)24-13-16-8-9-16)25-19(11-15(2)3)18-6-5-7-21(26)22(17)18/h4-7,14-16,19-20,25H,1,8-13H2,2-3H3,(H,24,27). The van der Waals surface area contributed by atoms with Crippen molar-refractivity contribution in [3.05, 3.63) is 48.2 Å². The van der Waals surface area contributed by atoms with E-state index in [0.717, 1.165) is 25.9 Å². The Labute approximate surface area is 162 Å². The summed E-state index contributed by atoms with van der Waals surface area (Å²) in [5, 5.41) is 8.21. The van der Waals surface area contributed by atoms with Gasteiger partial charge in [-0.1, -0.05) is 32.1 Å². The van der Waals surface area contributed by atoms with Crippen LogP contribution in [0.5, 0.6) is 0 Å². The zero-order valence-corrected chi connectivity index (χ0v) is 16.5. The van der Waals surface area contributed by atoms with Crippen molar-refractivity contribution in [2.45, 2.75) is 58.2 Å². The first-order valence-corrected chi connectivity index (χ1v) is 10.3. The Kier molecular flexibility index (Phi) is 5.09. The predicted molar refractivity (Wildman–Crippen MR) is 111 cm³/mol. The minimum atomic E-state index is -0.178. The summed E-state index contributed by atoms with van der Waals surface area (Å²) in [6.07, 6.45) is 8.43. The first kappa shape index (κ1) is 18.3. The van der Waals surface area contributed by atoms with Gasteiger partial charge in [-0.25, -0.2) is 0 Å². The van der Waals surface area contributed by atoms with Gasteiger partial charge in [0.15, 0.2) is 0 Å². The van der Waals surface area contributed by atoms with Crippen molar-refractivity contribution in [2.24, 2.45) is 11.8 Å². The second kappa shape index (κ2) is 7.51. The number of amides is 1. The van der Waals surface area contributed by atoms with Gasteiger partial charge in [0, 0.05) is 36.2 Å². The molecule has 1 fully saturated rings. The molecule has 2 N–H and O–H groups in total. The van der Waals surface area contributed by atoms with Crippen LogP contribution in [-0.4, -0.2) is 23.1 Å². The first-order chi connectivity index (χ1) is 13.1. The van der Waals surface area contributed by atoms with Crippen molar-refractivity contribution in [2.75, 3.05) is 6.54 Å². The van der Waals surface area contributed by atoms with E-state index < -0.39 is 0 Å². The highest BCUT2D eigenvalue weighted by molar-refractivity contribution is 5.90. The third-order valence-corrected chi connectivity index (χ3v) is 5.83. The lowest BCUT2D eigenvalue weighted by Crippen LogP contribution is -2.46. The van der Waals surface area contributed by atoms with Gasteiger partial charge < -0.3 is 9.88 Å². The van der Waals surface area contributed by atoms with Crippen LogP contribution in [0, 0.1) is 11.8 Å². The second-order valence-electron chi connectivity index (χ2n) is 8.63. The van der Waals surface area contributed by atoms with Gasteiger partial charge in [0.25, 0.3) is 0 Å². The van der Waals surface area contributed by atoms with Crippen molar-refractivity contribution in [1.82, 2.24) is 15.2 Å². The van der Waals surface area contributed by atoms with Crippen molar-refractivity contribution >= 4 is 16.8 Å². The molecule has 1 amide bonds. The van der Waals surface area contributed by atoms with E-state index in [9.17, 15) is 4.79 Å². The van der Waals surface area contributed by atoms with Crippen LogP contribution in [0.1, 0.15) is 50.3 Å². The fourth-order valence-electron chi connectivity index (χ4n) is 4.34. The zero-order chi connectivity index (χ0) is 19.0. The van der Waals surface area contributed by atoms with E-state index >= 15 is 0 Å². The number of carbonyl (C=O) groups excluding carboxylic acids is 1. The van der Waals surface area contributed by atoms with Crippen LogP contribution in [-0.2, 0) is 17.8 Å². The molecule has 1 saturated carbocycles. The number of allylic oxidation sites excluding steroid dienone is 1. The Balaban J connectivity index is 1.71. The van der Waals surface area contributed by atoms with Gasteiger partial charge in [-0.15, -0.1) is 6.58 Å². The molecule has 2 aliphatic rings. The van der Waals surface area contributed by atoms with E-state index in [-0.39, 0.29) is 18.0 Å². The largest absolute Gasteiger partial charge is 0.354 e. The lowest BCUT2D eigenvalue weighted by atomic mass is 9.94. The molecule has 2 atom stereocenters. The van der Waals surface area contributed by atoms with Crippen LogP contribution < -0.4 is 10.6 Å². The van der Waals surface area contributed by atoms with Crippen LogP contribution in [0.15, 0.2) is 37.1 Å². The molecule has 0 radical (unpaired) electrons. The molecule has 1 aromatic heterocycles. The van der Waals surface area contributed by atoms with E-state index in [1.165, 1.54) is 34.9 Å². The second-order valence-corrected chi connectivity index (χ2v) is 8.63. The van der Waals surface area contributed by atoms with Gasteiger partial charge in [0.1, 0.15) is 0 Å². The average Bonchev–Trinajstić information content (AvgIpc) is 3.42. The maximum atomic E-state index is 12.9. The summed E-state index contributed by atoms with van der Waals surface area (Å²) in [5.41, 5.74) is 3.85. The summed E-state index contributed by atoms with van der Waals surface area (Å²) in [4.78, 5) is 12.9. The average molecular weight is 366 g/mol. The molecule has 1 aliphatic carbocycles. The predicted octanol–water partition coefficient (Wildman–Crippen LogP) is 3.96. The Hall–Kier alpha value is -2.07. The Morgan fingerprint density at radius 3 is 2.93 bits per heavy atom. The van der Waals surface area contributed by atoms with Gasteiger partial charge in [-0.3, -0.25) is 10.1 Å². The van der Waals surface area contributed by atoms with Crippen LogP contribution in [0.25, 0.3) is 10.9 Å². The third-order valence-electron chi connectivity index (χ3n) is 5.83.